The van der Waals surface area contributed by atoms with E-state index in [0.29, 0.717) is 0 Å². The van der Waals surface area contributed by atoms with Gasteiger partial charge < -0.3 is 19.7 Å². The van der Waals surface area contributed by atoms with Crippen molar-refractivity contribution in [1.82, 2.24) is 0 Å². The molecule has 0 heterocycles. The summed E-state index contributed by atoms with van der Waals surface area (Å²) in [6, 6.07) is 0. The molecule has 0 rings (SSSR count). The van der Waals surface area contributed by atoms with E-state index in [9.17, 15) is 0 Å². The van der Waals surface area contributed by atoms with Crippen molar-refractivity contribution < 1.29 is 19.7 Å². The maximum absolute atomic E-state index is 9.10. The van der Waals surface area contributed by atoms with Crippen molar-refractivity contribution in [3.8, 4) is 0 Å². The van der Waals surface area contributed by atoms with E-state index in [2.05, 4.69) is 9.47 Å². The Morgan fingerprint density at radius 3 is 1.58 bits per heavy atom. The van der Waals surface area contributed by atoms with Crippen molar-refractivity contribution in [3.05, 3.63) is 12.2 Å². The number of hydrogen-bond donors (Lipinski definition) is 2. The second-order valence-corrected chi connectivity index (χ2v) is 2.43. The Bertz CT molecular complexity index is 110. The molecule has 72 valence electrons. The standard InChI is InChI=1S/C8H16O4/c1-11-5-7(9)3-4-8(10)6-12-2/h3-4,7-10H,5-6H2,1-2H3/b4-3+. The minimum absolute atomic E-state index is 0.232. The van der Waals surface area contributed by atoms with E-state index in [1.807, 2.05) is 0 Å². The van der Waals surface area contributed by atoms with E-state index in [1.54, 1.807) is 0 Å². The molecule has 0 aromatic heterocycles. The van der Waals surface area contributed by atoms with Crippen LogP contribution in [-0.4, -0.2) is 49.9 Å². The summed E-state index contributed by atoms with van der Waals surface area (Å²) in [7, 11) is 3.01. The molecule has 0 radical (unpaired) electrons. The van der Waals surface area contributed by atoms with Crippen LogP contribution in [0.15, 0.2) is 12.2 Å². The second-order valence-electron chi connectivity index (χ2n) is 2.43. The van der Waals surface area contributed by atoms with Crippen LogP contribution in [0, 0.1) is 0 Å². The third kappa shape index (κ3) is 6.30. The van der Waals surface area contributed by atoms with Gasteiger partial charge in [0.05, 0.1) is 25.4 Å². The lowest BCUT2D eigenvalue weighted by Crippen LogP contribution is -2.14. The molecule has 2 atom stereocenters. The van der Waals surface area contributed by atoms with Crippen LogP contribution in [0.25, 0.3) is 0 Å². The first-order chi connectivity index (χ1) is 5.70. The molecule has 4 heteroatoms. The average molecular weight is 176 g/mol. The van der Waals surface area contributed by atoms with Crippen LogP contribution in [-0.2, 0) is 9.47 Å². The summed E-state index contributed by atoms with van der Waals surface area (Å²) in [4.78, 5) is 0. The highest BCUT2D eigenvalue weighted by atomic mass is 16.5. The molecule has 0 fully saturated rings. The molecule has 0 saturated heterocycles. The highest BCUT2D eigenvalue weighted by Crippen LogP contribution is 1.91. The van der Waals surface area contributed by atoms with Gasteiger partial charge in [0.2, 0.25) is 0 Å². The number of rotatable bonds is 6. The smallest absolute Gasteiger partial charge is 0.0955 e. The summed E-state index contributed by atoms with van der Waals surface area (Å²) in [5.74, 6) is 0. The zero-order valence-corrected chi connectivity index (χ0v) is 7.43. The molecular weight excluding hydrogens is 160 g/mol. The molecule has 12 heavy (non-hydrogen) atoms. The topological polar surface area (TPSA) is 58.9 Å². The lowest BCUT2D eigenvalue weighted by Gasteiger charge is -2.05. The van der Waals surface area contributed by atoms with Gasteiger partial charge in [-0.05, 0) is 0 Å². The number of ether oxygens (including phenoxy) is 2. The van der Waals surface area contributed by atoms with Gasteiger partial charge in [-0.15, -0.1) is 0 Å². The third-order valence-electron chi connectivity index (χ3n) is 1.23. The number of hydrogen-bond acceptors (Lipinski definition) is 4. The first kappa shape index (κ1) is 11.6. The molecule has 0 saturated carbocycles. The lowest BCUT2D eigenvalue weighted by molar-refractivity contribution is 0.0838. The molecular formula is C8H16O4. The lowest BCUT2D eigenvalue weighted by atomic mass is 10.3. The van der Waals surface area contributed by atoms with E-state index in [-0.39, 0.29) is 13.2 Å². The average Bonchev–Trinajstić information content (AvgIpc) is 2.02. The quantitative estimate of drug-likeness (QED) is 0.538. The fourth-order valence-electron chi connectivity index (χ4n) is 0.709. The van der Waals surface area contributed by atoms with Crippen molar-refractivity contribution >= 4 is 0 Å². The van der Waals surface area contributed by atoms with Crippen molar-refractivity contribution in [2.24, 2.45) is 0 Å². The van der Waals surface area contributed by atoms with Crippen LogP contribution in [0.1, 0.15) is 0 Å². The zero-order valence-electron chi connectivity index (χ0n) is 7.43. The third-order valence-corrected chi connectivity index (χ3v) is 1.23. The van der Waals surface area contributed by atoms with Crippen molar-refractivity contribution in [2.45, 2.75) is 12.2 Å². The molecule has 0 aliphatic rings. The van der Waals surface area contributed by atoms with Gasteiger partial charge in [-0.3, -0.25) is 0 Å². The van der Waals surface area contributed by atoms with Crippen molar-refractivity contribution in [2.75, 3.05) is 27.4 Å². The minimum atomic E-state index is -0.665. The summed E-state index contributed by atoms with van der Waals surface area (Å²) in [6.45, 7) is 0.465. The van der Waals surface area contributed by atoms with Gasteiger partial charge in [-0.2, -0.15) is 0 Å². The van der Waals surface area contributed by atoms with E-state index < -0.39 is 12.2 Å². The molecule has 0 aliphatic heterocycles. The first-order valence-electron chi connectivity index (χ1n) is 3.73. The number of aliphatic hydroxyl groups is 2. The predicted octanol–water partition coefficient (Wildman–Crippen LogP) is -0.443. The SMILES string of the molecule is COCC(O)/C=C/C(O)COC. The Labute approximate surface area is 72.4 Å². The number of aliphatic hydroxyl groups excluding tert-OH is 2. The van der Waals surface area contributed by atoms with Crippen LogP contribution >= 0.6 is 0 Å². The largest absolute Gasteiger partial charge is 0.387 e. The Morgan fingerprint density at radius 1 is 1.00 bits per heavy atom. The summed E-state index contributed by atoms with van der Waals surface area (Å²) in [5.41, 5.74) is 0. The molecule has 0 bridgehead atoms. The summed E-state index contributed by atoms with van der Waals surface area (Å²) in [6.07, 6.45) is 1.63. The van der Waals surface area contributed by atoms with Gasteiger partial charge >= 0.3 is 0 Å². The van der Waals surface area contributed by atoms with Gasteiger partial charge in [0, 0.05) is 14.2 Å². The second kappa shape index (κ2) is 7.24. The van der Waals surface area contributed by atoms with Gasteiger partial charge in [0.15, 0.2) is 0 Å². The van der Waals surface area contributed by atoms with Crippen LogP contribution < -0.4 is 0 Å². The molecule has 0 aliphatic carbocycles. The van der Waals surface area contributed by atoms with Gasteiger partial charge in [-0.25, -0.2) is 0 Å². The highest BCUT2D eigenvalue weighted by molar-refractivity contribution is 4.93. The van der Waals surface area contributed by atoms with E-state index in [4.69, 9.17) is 10.2 Å². The molecule has 0 aromatic rings. The Hall–Kier alpha value is -0.420. The molecule has 0 aromatic carbocycles. The monoisotopic (exact) mass is 176 g/mol. The molecule has 0 spiro atoms. The van der Waals surface area contributed by atoms with Gasteiger partial charge in [0.25, 0.3) is 0 Å². The normalized spacial score (nSPS) is 16.7. The van der Waals surface area contributed by atoms with E-state index in [0.717, 1.165) is 0 Å². The summed E-state index contributed by atoms with van der Waals surface area (Å²) in [5, 5.41) is 18.2. The van der Waals surface area contributed by atoms with Gasteiger partial charge in [-0.1, -0.05) is 12.2 Å². The molecule has 4 nitrogen and oxygen atoms in total. The number of methoxy groups -OCH3 is 2. The maximum atomic E-state index is 9.10. The first-order valence-corrected chi connectivity index (χ1v) is 3.73. The summed E-state index contributed by atoms with van der Waals surface area (Å²) >= 11 is 0. The maximum Gasteiger partial charge on any atom is 0.0955 e. The molecule has 2 N–H and O–H groups in total. The predicted molar refractivity (Wildman–Crippen MR) is 44.9 cm³/mol. The Morgan fingerprint density at radius 2 is 1.33 bits per heavy atom. The van der Waals surface area contributed by atoms with E-state index in [1.165, 1.54) is 26.4 Å². The summed E-state index contributed by atoms with van der Waals surface area (Å²) < 4.78 is 9.36. The Balaban J connectivity index is 3.57. The molecule has 2 unspecified atom stereocenters. The van der Waals surface area contributed by atoms with E-state index >= 15 is 0 Å². The van der Waals surface area contributed by atoms with Crippen LogP contribution in [0.4, 0.5) is 0 Å². The van der Waals surface area contributed by atoms with Crippen LogP contribution in [0.5, 0.6) is 0 Å². The molecule has 0 amide bonds. The van der Waals surface area contributed by atoms with Gasteiger partial charge in [0.1, 0.15) is 0 Å². The van der Waals surface area contributed by atoms with Crippen molar-refractivity contribution in [1.29, 1.82) is 0 Å². The zero-order chi connectivity index (χ0) is 9.40. The fourth-order valence-corrected chi connectivity index (χ4v) is 0.709. The van der Waals surface area contributed by atoms with Crippen LogP contribution in [0.2, 0.25) is 0 Å². The minimum Gasteiger partial charge on any atom is -0.387 e. The fraction of sp³-hybridized carbons (Fsp3) is 0.750. The van der Waals surface area contributed by atoms with Crippen LogP contribution in [0.3, 0.4) is 0 Å². The Kier molecular flexibility index (Phi) is 6.99. The van der Waals surface area contributed by atoms with Crippen molar-refractivity contribution in [3.63, 3.8) is 0 Å². The highest BCUT2D eigenvalue weighted by Gasteiger charge is 2.00.